The first-order valence-corrected chi connectivity index (χ1v) is 10.9. The highest BCUT2D eigenvalue weighted by atomic mass is 16.6. The molecule has 0 unspecified atom stereocenters. The Bertz CT molecular complexity index is 910. The summed E-state index contributed by atoms with van der Waals surface area (Å²) in [7, 11) is 0. The first-order chi connectivity index (χ1) is 14.5. The number of piperidine rings is 1. The van der Waals surface area contributed by atoms with E-state index in [0.717, 1.165) is 25.5 Å². The lowest BCUT2D eigenvalue weighted by Gasteiger charge is -2.49. The number of nitrogens with zero attached hydrogens (tertiary/aromatic N) is 4. The standard InChI is InChI=1S/C21H30N4O6/c1-21(2,3)24(20(27)28)17-10-22(9-14(19(17)26)12-7-8-12)18-13-5-4-6-15(13)23(29)11-16(18)25(30)31/h11-12,14,17,19,26H,4-10H2,1-3H3,(H,27,28)/t14-,17-,19-/m1/s1. The molecule has 170 valence electrons. The molecule has 1 aromatic heterocycles. The number of carboxylic acid groups (broad SMARTS) is 1. The number of aromatic nitrogens is 1. The summed E-state index contributed by atoms with van der Waals surface area (Å²) in [4.78, 5) is 26.7. The third-order valence-corrected chi connectivity index (χ3v) is 6.90. The molecule has 1 aromatic rings. The Hall–Kier alpha value is -2.62. The van der Waals surface area contributed by atoms with Crippen LogP contribution in [0, 0.1) is 27.2 Å². The molecule has 1 saturated carbocycles. The van der Waals surface area contributed by atoms with E-state index in [1.807, 2.05) is 4.90 Å². The van der Waals surface area contributed by atoms with Crippen LogP contribution in [0.2, 0.25) is 0 Å². The fraction of sp³-hybridized carbons (Fsp3) is 0.714. The summed E-state index contributed by atoms with van der Waals surface area (Å²) in [5, 5.41) is 45.4. The Morgan fingerprint density at radius 2 is 1.97 bits per heavy atom. The van der Waals surface area contributed by atoms with Gasteiger partial charge in [0.15, 0.2) is 5.69 Å². The van der Waals surface area contributed by atoms with Crippen LogP contribution < -0.4 is 9.63 Å². The Morgan fingerprint density at radius 1 is 1.29 bits per heavy atom. The van der Waals surface area contributed by atoms with Gasteiger partial charge < -0.3 is 20.3 Å². The molecule has 1 aliphatic heterocycles. The first kappa shape index (κ1) is 21.6. The van der Waals surface area contributed by atoms with Crippen LogP contribution in [0.15, 0.2) is 6.20 Å². The van der Waals surface area contributed by atoms with Gasteiger partial charge in [-0.15, -0.1) is 0 Å². The molecule has 1 saturated heterocycles. The Balaban J connectivity index is 1.81. The van der Waals surface area contributed by atoms with Gasteiger partial charge in [0.25, 0.3) is 6.20 Å². The van der Waals surface area contributed by atoms with Crippen molar-refractivity contribution in [1.29, 1.82) is 0 Å². The smallest absolute Gasteiger partial charge is 0.408 e. The van der Waals surface area contributed by atoms with Crippen molar-refractivity contribution in [3.05, 3.63) is 32.8 Å². The zero-order valence-electron chi connectivity index (χ0n) is 18.2. The molecule has 0 radical (unpaired) electrons. The molecule has 2 aliphatic carbocycles. The number of aliphatic hydroxyl groups excluding tert-OH is 1. The molecule has 10 heteroatoms. The zero-order chi connectivity index (χ0) is 22.7. The van der Waals surface area contributed by atoms with Crippen molar-refractivity contribution in [1.82, 2.24) is 4.90 Å². The molecule has 2 heterocycles. The first-order valence-electron chi connectivity index (χ1n) is 10.9. The summed E-state index contributed by atoms with van der Waals surface area (Å²) in [6.45, 7) is 5.89. The minimum atomic E-state index is -1.13. The monoisotopic (exact) mass is 434 g/mol. The molecule has 0 aromatic carbocycles. The minimum Gasteiger partial charge on any atom is -0.618 e. The quantitative estimate of drug-likeness (QED) is 0.321. The third kappa shape index (κ3) is 3.77. The molecule has 3 aliphatic rings. The minimum absolute atomic E-state index is 0.143. The van der Waals surface area contributed by atoms with Gasteiger partial charge in [-0.25, -0.2) is 4.79 Å². The third-order valence-electron chi connectivity index (χ3n) is 6.90. The summed E-state index contributed by atoms with van der Waals surface area (Å²) in [6.07, 6.45) is 2.87. The molecule has 31 heavy (non-hydrogen) atoms. The van der Waals surface area contributed by atoms with Crippen LogP contribution in [-0.2, 0) is 12.8 Å². The highest BCUT2D eigenvalue weighted by Gasteiger charge is 2.50. The number of anilines is 1. The fourth-order valence-electron chi connectivity index (χ4n) is 5.47. The Labute approximate surface area is 180 Å². The van der Waals surface area contributed by atoms with Crippen molar-refractivity contribution in [2.24, 2.45) is 11.8 Å². The maximum absolute atomic E-state index is 12.4. The van der Waals surface area contributed by atoms with E-state index in [-0.39, 0.29) is 24.1 Å². The van der Waals surface area contributed by atoms with Crippen LogP contribution in [0.1, 0.15) is 51.3 Å². The second-order valence-electron chi connectivity index (χ2n) is 10.0. The molecular weight excluding hydrogens is 404 g/mol. The molecule has 1 amide bonds. The van der Waals surface area contributed by atoms with Gasteiger partial charge in [-0.05, 0) is 52.4 Å². The maximum Gasteiger partial charge on any atom is 0.408 e. The SMILES string of the molecule is CC(C)(C)N(C(=O)O)[C@@H]1CN(c2c([N+](=O)[O-])c[n+]([O-])c3c2CCC3)C[C@H](C2CC2)[C@H]1O. The van der Waals surface area contributed by atoms with Crippen molar-refractivity contribution in [3.63, 3.8) is 0 Å². The predicted molar refractivity (Wildman–Crippen MR) is 112 cm³/mol. The van der Waals surface area contributed by atoms with Gasteiger partial charge in [0, 0.05) is 31.0 Å². The highest BCUT2D eigenvalue weighted by Crippen LogP contribution is 2.46. The van der Waals surface area contributed by atoms with Gasteiger partial charge in [-0.1, -0.05) is 0 Å². The van der Waals surface area contributed by atoms with Crippen molar-refractivity contribution in [3.8, 4) is 0 Å². The van der Waals surface area contributed by atoms with Crippen LogP contribution in [0.5, 0.6) is 0 Å². The topological polar surface area (TPSA) is 134 Å². The predicted octanol–water partition coefficient (Wildman–Crippen LogP) is 2.07. The van der Waals surface area contributed by atoms with Crippen molar-refractivity contribution in [2.75, 3.05) is 18.0 Å². The fourth-order valence-corrected chi connectivity index (χ4v) is 5.47. The Morgan fingerprint density at radius 3 is 2.52 bits per heavy atom. The average molecular weight is 434 g/mol. The largest absolute Gasteiger partial charge is 0.618 e. The molecule has 0 bridgehead atoms. The second kappa shape index (κ2) is 7.51. The number of pyridine rings is 1. The van der Waals surface area contributed by atoms with Gasteiger partial charge in [0.05, 0.1) is 22.6 Å². The molecule has 0 spiro atoms. The molecule has 4 rings (SSSR count). The van der Waals surface area contributed by atoms with E-state index in [0.29, 0.717) is 41.1 Å². The van der Waals surface area contributed by atoms with Gasteiger partial charge in [-0.2, -0.15) is 4.73 Å². The Kier molecular flexibility index (Phi) is 5.23. The lowest BCUT2D eigenvalue weighted by Crippen LogP contribution is -2.65. The normalized spacial score (nSPS) is 25.9. The van der Waals surface area contributed by atoms with Crippen molar-refractivity contribution >= 4 is 17.5 Å². The van der Waals surface area contributed by atoms with Gasteiger partial charge in [-0.3, -0.25) is 15.0 Å². The molecule has 3 atom stereocenters. The number of nitro groups is 1. The molecular formula is C21H30N4O6. The molecule has 10 nitrogen and oxygen atoms in total. The molecule has 2 fully saturated rings. The summed E-state index contributed by atoms with van der Waals surface area (Å²) in [5.41, 5.74) is 0.657. The summed E-state index contributed by atoms with van der Waals surface area (Å²) in [6, 6.07) is -0.729. The van der Waals surface area contributed by atoms with Crippen LogP contribution in [-0.4, -0.2) is 56.9 Å². The lowest BCUT2D eigenvalue weighted by molar-refractivity contribution is -0.617. The van der Waals surface area contributed by atoms with Gasteiger partial charge in [0.1, 0.15) is 5.69 Å². The van der Waals surface area contributed by atoms with E-state index < -0.39 is 28.7 Å². The number of amides is 1. The van der Waals surface area contributed by atoms with E-state index in [1.54, 1.807) is 20.8 Å². The summed E-state index contributed by atoms with van der Waals surface area (Å²) >= 11 is 0. The maximum atomic E-state index is 12.4. The highest BCUT2D eigenvalue weighted by molar-refractivity contribution is 5.70. The van der Waals surface area contributed by atoms with Crippen LogP contribution in [0.3, 0.4) is 0 Å². The number of fused-ring (bicyclic) bond motifs is 1. The number of rotatable bonds is 4. The van der Waals surface area contributed by atoms with Crippen molar-refractivity contribution < 1.29 is 24.7 Å². The lowest BCUT2D eigenvalue weighted by atomic mass is 9.84. The molecule has 2 N–H and O–H groups in total. The number of carbonyl (C=O) groups is 1. The van der Waals surface area contributed by atoms with Crippen LogP contribution >= 0.6 is 0 Å². The summed E-state index contributed by atoms with van der Waals surface area (Å²) < 4.78 is 0.608. The van der Waals surface area contributed by atoms with E-state index in [4.69, 9.17) is 0 Å². The zero-order valence-corrected chi connectivity index (χ0v) is 18.2. The number of aliphatic hydroxyl groups is 1. The van der Waals surface area contributed by atoms with Gasteiger partial charge >= 0.3 is 11.8 Å². The summed E-state index contributed by atoms with van der Waals surface area (Å²) in [5.74, 6) is 0.0929. The van der Waals surface area contributed by atoms with Gasteiger partial charge in [0.2, 0.25) is 0 Å². The van der Waals surface area contributed by atoms with Crippen LogP contribution in [0.25, 0.3) is 0 Å². The number of hydrogen-bond acceptors (Lipinski definition) is 6. The van der Waals surface area contributed by atoms with E-state index in [9.17, 15) is 30.3 Å². The number of hydrogen-bond donors (Lipinski definition) is 2. The second-order valence-corrected chi connectivity index (χ2v) is 10.0. The van der Waals surface area contributed by atoms with Crippen molar-refractivity contribution in [2.45, 2.75) is 70.6 Å². The van der Waals surface area contributed by atoms with Crippen LogP contribution in [0.4, 0.5) is 16.2 Å². The van der Waals surface area contributed by atoms with E-state index in [1.165, 1.54) is 4.90 Å². The van der Waals surface area contributed by atoms with E-state index >= 15 is 0 Å². The van der Waals surface area contributed by atoms with E-state index in [2.05, 4.69) is 0 Å². The average Bonchev–Trinajstić information content (AvgIpc) is 3.37.